The maximum Gasteiger partial charge on any atom is 0.351 e. The molecule has 0 saturated heterocycles. The van der Waals surface area contributed by atoms with Crippen molar-refractivity contribution in [2.75, 3.05) is 6.61 Å². The maximum atomic E-state index is 12.3. The van der Waals surface area contributed by atoms with Gasteiger partial charge in [-0.15, -0.1) is 0 Å². The quantitative estimate of drug-likeness (QED) is 0.359. The summed E-state index contributed by atoms with van der Waals surface area (Å²) in [7, 11) is 0. The monoisotopic (exact) mass is 391 g/mol. The summed E-state index contributed by atoms with van der Waals surface area (Å²) in [6, 6.07) is 1.88. The van der Waals surface area contributed by atoms with Crippen molar-refractivity contribution in [2.45, 2.75) is 53.9 Å². The fourth-order valence-corrected chi connectivity index (χ4v) is 2.62. The van der Waals surface area contributed by atoms with Crippen molar-refractivity contribution in [3.8, 4) is 6.07 Å². The fourth-order valence-electron chi connectivity index (χ4n) is 2.39. The Morgan fingerprint density at radius 2 is 2.11 bits per heavy atom. The van der Waals surface area contributed by atoms with Crippen LogP contribution in [0.3, 0.4) is 0 Å². The van der Waals surface area contributed by atoms with Crippen LogP contribution in [0.4, 0.5) is 0 Å². The third-order valence-electron chi connectivity index (χ3n) is 3.81. The second-order valence-electron chi connectivity index (χ2n) is 5.54. The molecule has 6 heteroatoms. The third kappa shape index (κ3) is 7.44. The summed E-state index contributed by atoms with van der Waals surface area (Å²) < 4.78 is 5.32. The minimum absolute atomic E-state index is 0.0448. The normalized spacial score (nSPS) is 19.1. The van der Waals surface area contributed by atoms with E-state index in [2.05, 4.69) is 30.7 Å². The smallest absolute Gasteiger partial charge is 0.351 e. The molecular weight excluding hydrogens is 362 g/mol. The van der Waals surface area contributed by atoms with Crippen LogP contribution in [0.2, 0.25) is 0 Å². The minimum atomic E-state index is -0.699. The highest BCUT2D eigenvalue weighted by Crippen LogP contribution is 2.23. The second kappa shape index (κ2) is 13.8. The molecule has 0 aromatic heterocycles. The molecule has 0 aromatic carbocycles. The Balaban J connectivity index is 0.00000326. The van der Waals surface area contributed by atoms with Gasteiger partial charge in [0.2, 0.25) is 0 Å². The molecule has 148 valence electrons. The van der Waals surface area contributed by atoms with Gasteiger partial charge in [-0.1, -0.05) is 70.9 Å². The molecule has 0 radical (unpaired) electrons. The van der Waals surface area contributed by atoms with Crippen LogP contribution in [-0.2, 0) is 9.53 Å². The highest BCUT2D eigenvalue weighted by atomic mass is 35.5. The SMILES string of the molecule is C=C/C=C1/N/C(=C(/C#N)C(=O)OCC(CC)CCC)C(Cl)=N/C1=C/C.CC. The van der Waals surface area contributed by atoms with E-state index >= 15 is 0 Å². The van der Waals surface area contributed by atoms with Crippen LogP contribution in [0.5, 0.6) is 0 Å². The Labute approximate surface area is 168 Å². The van der Waals surface area contributed by atoms with Crippen molar-refractivity contribution >= 4 is 22.7 Å². The molecule has 1 aliphatic heterocycles. The van der Waals surface area contributed by atoms with Crippen LogP contribution in [0.25, 0.3) is 0 Å². The average molecular weight is 392 g/mol. The van der Waals surface area contributed by atoms with E-state index in [1.54, 1.807) is 18.2 Å². The molecular formula is C21H30ClN3O2. The first-order valence-electron chi connectivity index (χ1n) is 9.34. The molecule has 0 aromatic rings. The van der Waals surface area contributed by atoms with Crippen molar-refractivity contribution in [3.05, 3.63) is 47.5 Å². The summed E-state index contributed by atoms with van der Waals surface area (Å²) >= 11 is 6.16. The van der Waals surface area contributed by atoms with Crippen LogP contribution < -0.4 is 5.32 Å². The van der Waals surface area contributed by atoms with Gasteiger partial charge in [0.1, 0.15) is 11.8 Å². The molecule has 1 unspecified atom stereocenters. The first-order valence-corrected chi connectivity index (χ1v) is 9.72. The zero-order chi connectivity index (χ0) is 20.8. The van der Waals surface area contributed by atoms with Crippen molar-refractivity contribution in [1.29, 1.82) is 5.26 Å². The Bertz CT molecular complexity index is 682. The lowest BCUT2D eigenvalue weighted by atomic mass is 10.0. The summed E-state index contributed by atoms with van der Waals surface area (Å²) in [6.45, 7) is 13.9. The Morgan fingerprint density at radius 1 is 1.44 bits per heavy atom. The van der Waals surface area contributed by atoms with Crippen molar-refractivity contribution in [3.63, 3.8) is 0 Å². The predicted molar refractivity (Wildman–Crippen MR) is 112 cm³/mol. The number of carbonyl (C=O) groups is 1. The number of aliphatic imine (C=N–C) groups is 1. The van der Waals surface area contributed by atoms with Gasteiger partial charge in [0, 0.05) is 0 Å². The number of hydrogen-bond donors (Lipinski definition) is 1. The van der Waals surface area contributed by atoms with Gasteiger partial charge in [-0.3, -0.25) is 0 Å². The van der Waals surface area contributed by atoms with Crippen LogP contribution in [0, 0.1) is 17.2 Å². The zero-order valence-electron chi connectivity index (χ0n) is 16.9. The van der Waals surface area contributed by atoms with E-state index in [0.717, 1.165) is 19.3 Å². The Morgan fingerprint density at radius 3 is 2.59 bits per heavy atom. The molecule has 0 fully saturated rings. The minimum Gasteiger partial charge on any atom is -0.461 e. The standard InChI is InChI=1S/C19H24ClN3O2.C2H6/c1-5-9-13(7-3)12-25-19(24)14(11-21)17-18(20)23-15(8-4)16(22-17)10-6-2;1-2/h6,8,10,13,22H,2,5,7,9,12H2,1,3-4H3;1-2H3/b15-8+,16-10+,17-14-;. The van der Waals surface area contributed by atoms with Gasteiger partial charge in [0.15, 0.2) is 10.7 Å². The van der Waals surface area contributed by atoms with Gasteiger partial charge < -0.3 is 10.1 Å². The molecule has 1 aliphatic rings. The predicted octanol–water partition coefficient (Wildman–Crippen LogP) is 5.37. The van der Waals surface area contributed by atoms with E-state index in [4.69, 9.17) is 16.3 Å². The van der Waals surface area contributed by atoms with Crippen molar-refractivity contribution in [1.82, 2.24) is 5.32 Å². The Kier molecular flexibility index (Phi) is 12.6. The molecule has 1 N–H and O–H groups in total. The van der Waals surface area contributed by atoms with Gasteiger partial charge in [0.25, 0.3) is 0 Å². The number of allylic oxidation sites excluding steroid dienone is 4. The number of nitriles is 1. The van der Waals surface area contributed by atoms with Gasteiger partial charge in [0.05, 0.1) is 18.0 Å². The number of nitrogens with zero attached hydrogens (tertiary/aromatic N) is 2. The Hall–Kier alpha value is -2.32. The van der Waals surface area contributed by atoms with Gasteiger partial charge >= 0.3 is 5.97 Å². The lowest BCUT2D eigenvalue weighted by Crippen LogP contribution is -2.27. The fraction of sp³-hybridized carbons (Fsp3) is 0.476. The highest BCUT2D eigenvalue weighted by molar-refractivity contribution is 6.70. The summed E-state index contributed by atoms with van der Waals surface area (Å²) in [5.74, 6) is -0.414. The summed E-state index contributed by atoms with van der Waals surface area (Å²) in [5.41, 5.74) is 1.17. The number of hydrogen-bond acceptors (Lipinski definition) is 5. The first kappa shape index (κ1) is 24.7. The highest BCUT2D eigenvalue weighted by Gasteiger charge is 2.25. The van der Waals surface area contributed by atoms with E-state index in [9.17, 15) is 10.1 Å². The molecule has 1 atom stereocenters. The van der Waals surface area contributed by atoms with E-state index in [1.807, 2.05) is 26.8 Å². The molecule has 0 bridgehead atoms. The van der Waals surface area contributed by atoms with Crippen LogP contribution in [-0.4, -0.2) is 17.7 Å². The average Bonchev–Trinajstić information content (AvgIpc) is 2.69. The summed E-state index contributed by atoms with van der Waals surface area (Å²) in [5, 5.41) is 12.4. The van der Waals surface area contributed by atoms with Crippen LogP contribution in [0.15, 0.2) is 52.5 Å². The molecule has 1 rings (SSSR count). The number of nitrogens with one attached hydrogen (secondary N) is 1. The molecule has 0 aliphatic carbocycles. The van der Waals surface area contributed by atoms with Gasteiger partial charge in [-0.25, -0.2) is 9.79 Å². The molecule has 0 amide bonds. The number of ether oxygens (including phenoxy) is 1. The topological polar surface area (TPSA) is 74.5 Å². The largest absolute Gasteiger partial charge is 0.461 e. The number of esters is 1. The van der Waals surface area contributed by atoms with Gasteiger partial charge in [-0.2, -0.15) is 5.26 Å². The van der Waals surface area contributed by atoms with E-state index in [0.29, 0.717) is 11.4 Å². The van der Waals surface area contributed by atoms with E-state index in [1.165, 1.54) is 0 Å². The maximum absolute atomic E-state index is 12.3. The van der Waals surface area contributed by atoms with E-state index in [-0.39, 0.29) is 29.0 Å². The molecule has 5 nitrogen and oxygen atoms in total. The number of carbonyl (C=O) groups excluding carboxylic acids is 1. The molecule has 1 heterocycles. The van der Waals surface area contributed by atoms with Crippen LogP contribution in [0.1, 0.15) is 53.9 Å². The van der Waals surface area contributed by atoms with Crippen molar-refractivity contribution in [2.24, 2.45) is 10.9 Å². The summed E-state index contributed by atoms with van der Waals surface area (Å²) in [6.07, 6.45) is 7.94. The lowest BCUT2D eigenvalue weighted by molar-refractivity contribution is -0.140. The molecule has 0 saturated carbocycles. The number of rotatable bonds is 7. The lowest BCUT2D eigenvalue weighted by Gasteiger charge is -2.20. The number of halogens is 1. The van der Waals surface area contributed by atoms with E-state index < -0.39 is 5.97 Å². The molecule has 27 heavy (non-hydrogen) atoms. The molecule has 0 spiro atoms. The third-order valence-corrected chi connectivity index (χ3v) is 4.08. The second-order valence-corrected chi connectivity index (χ2v) is 5.90. The summed E-state index contributed by atoms with van der Waals surface area (Å²) in [4.78, 5) is 16.6. The first-order chi connectivity index (χ1) is 13.0. The zero-order valence-corrected chi connectivity index (χ0v) is 17.7. The van der Waals surface area contributed by atoms with Gasteiger partial charge in [-0.05, 0) is 25.3 Å². The van der Waals surface area contributed by atoms with Crippen molar-refractivity contribution < 1.29 is 9.53 Å². The van der Waals surface area contributed by atoms with Crippen LogP contribution >= 0.6 is 11.6 Å².